The number of carboxylic acid groups (broad SMARTS) is 1. The summed E-state index contributed by atoms with van der Waals surface area (Å²) in [4.78, 5) is 22.3. The molecule has 20 heavy (non-hydrogen) atoms. The Morgan fingerprint density at radius 3 is 2.75 bits per heavy atom. The molecule has 0 saturated heterocycles. The highest BCUT2D eigenvalue weighted by Crippen LogP contribution is 2.28. The van der Waals surface area contributed by atoms with Crippen molar-refractivity contribution in [3.05, 3.63) is 12.2 Å². The molecule has 6 heteroatoms. The Hall–Kier alpha value is -1.56. The molecule has 6 nitrogen and oxygen atoms in total. The monoisotopic (exact) mass is 282 g/mol. The number of carbonyl (C=O) groups is 2. The summed E-state index contributed by atoms with van der Waals surface area (Å²) in [5.74, 6) is -0.572. The Morgan fingerprint density at radius 1 is 1.30 bits per heavy atom. The van der Waals surface area contributed by atoms with E-state index in [1.807, 2.05) is 0 Å². The first-order valence-corrected chi connectivity index (χ1v) is 7.18. The summed E-state index contributed by atoms with van der Waals surface area (Å²) >= 11 is 0. The molecule has 1 saturated carbocycles. The van der Waals surface area contributed by atoms with Crippen LogP contribution in [0.2, 0.25) is 0 Å². The van der Waals surface area contributed by atoms with E-state index >= 15 is 0 Å². The maximum Gasteiger partial charge on any atom is 0.315 e. The zero-order chi connectivity index (χ0) is 14.4. The van der Waals surface area contributed by atoms with Crippen LogP contribution in [0.4, 0.5) is 4.79 Å². The molecule has 0 radical (unpaired) electrons. The third kappa shape index (κ3) is 5.21. The zero-order valence-electron chi connectivity index (χ0n) is 11.5. The Bertz CT molecular complexity index is 379. The van der Waals surface area contributed by atoms with Gasteiger partial charge in [-0.25, -0.2) is 4.79 Å². The van der Waals surface area contributed by atoms with Crippen molar-refractivity contribution in [2.45, 2.75) is 31.7 Å². The Balaban J connectivity index is 1.48. The van der Waals surface area contributed by atoms with Crippen molar-refractivity contribution in [2.24, 2.45) is 11.8 Å². The number of amides is 2. The minimum absolute atomic E-state index is 0.192. The van der Waals surface area contributed by atoms with Crippen LogP contribution in [0.25, 0.3) is 0 Å². The highest BCUT2D eigenvalue weighted by molar-refractivity contribution is 5.76. The highest BCUT2D eigenvalue weighted by Gasteiger charge is 2.25. The molecule has 0 aromatic rings. The summed E-state index contributed by atoms with van der Waals surface area (Å²) in [5, 5.41) is 14.3. The molecule has 0 aromatic heterocycles. The fourth-order valence-electron chi connectivity index (χ4n) is 2.12. The largest absolute Gasteiger partial charge is 0.481 e. The van der Waals surface area contributed by atoms with Gasteiger partial charge in [-0.1, -0.05) is 12.2 Å². The van der Waals surface area contributed by atoms with Crippen molar-refractivity contribution >= 4 is 12.0 Å². The summed E-state index contributed by atoms with van der Waals surface area (Å²) in [5.41, 5.74) is 0. The molecule has 0 aliphatic heterocycles. The molecular formula is C14H22N2O4. The molecule has 112 valence electrons. The van der Waals surface area contributed by atoms with Gasteiger partial charge in [0.2, 0.25) is 0 Å². The second kappa shape index (κ2) is 7.28. The quantitative estimate of drug-likeness (QED) is 0.460. The average Bonchev–Trinajstić information content (AvgIpc) is 3.11. The molecule has 2 aliphatic rings. The molecule has 1 fully saturated rings. The van der Waals surface area contributed by atoms with E-state index in [2.05, 4.69) is 10.6 Å². The summed E-state index contributed by atoms with van der Waals surface area (Å²) in [7, 11) is 0. The first kappa shape index (κ1) is 14.8. The van der Waals surface area contributed by atoms with Gasteiger partial charge in [-0.3, -0.25) is 4.79 Å². The summed E-state index contributed by atoms with van der Waals surface area (Å²) in [6, 6.07) is -0.449. The van der Waals surface area contributed by atoms with E-state index in [1.165, 1.54) is 12.8 Å². The molecule has 3 N–H and O–H groups in total. The van der Waals surface area contributed by atoms with Crippen LogP contribution in [-0.4, -0.2) is 42.9 Å². The van der Waals surface area contributed by atoms with Crippen molar-refractivity contribution in [3.8, 4) is 0 Å². The number of nitrogens with one attached hydrogen (secondary N) is 2. The van der Waals surface area contributed by atoms with Crippen LogP contribution in [0, 0.1) is 11.8 Å². The number of hydrogen-bond acceptors (Lipinski definition) is 3. The number of urea groups is 1. The van der Waals surface area contributed by atoms with Crippen LogP contribution in [-0.2, 0) is 9.53 Å². The third-order valence-corrected chi connectivity index (χ3v) is 3.52. The lowest BCUT2D eigenvalue weighted by Crippen LogP contribution is -2.41. The normalized spacial score (nSPS) is 24.6. The van der Waals surface area contributed by atoms with Gasteiger partial charge in [0.15, 0.2) is 0 Å². The molecule has 2 amide bonds. The van der Waals surface area contributed by atoms with Gasteiger partial charge in [0.05, 0.1) is 12.0 Å². The van der Waals surface area contributed by atoms with Gasteiger partial charge < -0.3 is 20.5 Å². The first-order valence-electron chi connectivity index (χ1n) is 7.18. The standard InChI is InChI=1S/C14H22N2O4/c17-13(18)11-4-5-12(8-11)16-14(19)15-6-1-7-20-9-10-2-3-10/h4-5,10-12H,1-3,6-9H2,(H,17,18)(H2,15,16,19). The summed E-state index contributed by atoms with van der Waals surface area (Å²) < 4.78 is 5.47. The third-order valence-electron chi connectivity index (χ3n) is 3.52. The number of rotatable bonds is 8. The van der Waals surface area contributed by atoms with Crippen LogP contribution in [0.1, 0.15) is 25.7 Å². The van der Waals surface area contributed by atoms with Gasteiger partial charge in [0.1, 0.15) is 0 Å². The SMILES string of the molecule is O=C(NCCCOCC1CC1)NC1C=CC(C(=O)O)C1. The van der Waals surface area contributed by atoms with Gasteiger partial charge in [0, 0.05) is 19.8 Å². The Kier molecular flexibility index (Phi) is 5.40. The predicted molar refractivity (Wildman–Crippen MR) is 73.4 cm³/mol. The van der Waals surface area contributed by atoms with Gasteiger partial charge in [0.25, 0.3) is 0 Å². The van der Waals surface area contributed by atoms with Gasteiger partial charge >= 0.3 is 12.0 Å². The fraction of sp³-hybridized carbons (Fsp3) is 0.714. The minimum atomic E-state index is -0.848. The number of ether oxygens (including phenoxy) is 1. The number of carbonyl (C=O) groups excluding carboxylic acids is 1. The van der Waals surface area contributed by atoms with Crippen molar-refractivity contribution in [3.63, 3.8) is 0 Å². The van der Waals surface area contributed by atoms with Crippen LogP contribution in [0.3, 0.4) is 0 Å². The highest BCUT2D eigenvalue weighted by atomic mass is 16.5. The summed E-state index contributed by atoms with van der Waals surface area (Å²) in [6.45, 7) is 2.08. The molecule has 2 unspecified atom stereocenters. The molecule has 0 heterocycles. The molecule has 2 aliphatic carbocycles. The van der Waals surface area contributed by atoms with Crippen LogP contribution in [0.15, 0.2) is 12.2 Å². The van der Waals surface area contributed by atoms with Crippen LogP contribution in [0.5, 0.6) is 0 Å². The van der Waals surface area contributed by atoms with Gasteiger partial charge in [-0.2, -0.15) is 0 Å². The van der Waals surface area contributed by atoms with Crippen LogP contribution < -0.4 is 10.6 Å². The second-order valence-electron chi connectivity index (χ2n) is 5.44. The Labute approximate surface area is 118 Å². The van der Waals surface area contributed by atoms with Crippen molar-refractivity contribution in [1.29, 1.82) is 0 Å². The molecule has 0 aromatic carbocycles. The second-order valence-corrected chi connectivity index (χ2v) is 5.44. The van der Waals surface area contributed by atoms with E-state index < -0.39 is 11.9 Å². The maximum atomic E-state index is 11.6. The lowest BCUT2D eigenvalue weighted by molar-refractivity contribution is -0.140. The summed E-state index contributed by atoms with van der Waals surface area (Å²) in [6.07, 6.45) is 7.14. The van der Waals surface area contributed by atoms with E-state index in [9.17, 15) is 9.59 Å². The first-order chi connectivity index (χ1) is 9.65. The van der Waals surface area contributed by atoms with E-state index in [1.54, 1.807) is 12.2 Å². The van der Waals surface area contributed by atoms with E-state index in [4.69, 9.17) is 9.84 Å². The van der Waals surface area contributed by atoms with Gasteiger partial charge in [-0.15, -0.1) is 0 Å². The van der Waals surface area contributed by atoms with Crippen molar-refractivity contribution < 1.29 is 19.4 Å². The Morgan fingerprint density at radius 2 is 2.10 bits per heavy atom. The number of hydrogen-bond donors (Lipinski definition) is 3. The topological polar surface area (TPSA) is 87.7 Å². The fourth-order valence-corrected chi connectivity index (χ4v) is 2.12. The lowest BCUT2D eigenvalue weighted by Gasteiger charge is -2.13. The van der Waals surface area contributed by atoms with Crippen LogP contribution >= 0.6 is 0 Å². The van der Waals surface area contributed by atoms with E-state index in [0.29, 0.717) is 19.6 Å². The maximum absolute atomic E-state index is 11.6. The molecular weight excluding hydrogens is 260 g/mol. The number of carboxylic acids is 1. The lowest BCUT2D eigenvalue weighted by atomic mass is 10.1. The minimum Gasteiger partial charge on any atom is -0.481 e. The van der Waals surface area contributed by atoms with Gasteiger partial charge in [-0.05, 0) is 31.6 Å². The average molecular weight is 282 g/mol. The van der Waals surface area contributed by atoms with E-state index in [-0.39, 0.29) is 12.1 Å². The smallest absolute Gasteiger partial charge is 0.315 e. The van der Waals surface area contributed by atoms with Crippen molar-refractivity contribution in [1.82, 2.24) is 10.6 Å². The molecule has 0 spiro atoms. The number of aliphatic carboxylic acids is 1. The van der Waals surface area contributed by atoms with Crippen molar-refractivity contribution in [2.75, 3.05) is 19.8 Å². The molecule has 0 bridgehead atoms. The zero-order valence-corrected chi connectivity index (χ0v) is 11.5. The van der Waals surface area contributed by atoms with E-state index in [0.717, 1.165) is 18.9 Å². The molecule has 2 rings (SSSR count). The molecule has 2 atom stereocenters. The predicted octanol–water partition coefficient (Wildman–Crippen LogP) is 1.13.